The number of aromatic nitrogens is 1. The molecule has 0 radical (unpaired) electrons. The van der Waals surface area contributed by atoms with E-state index in [2.05, 4.69) is 4.90 Å². The van der Waals surface area contributed by atoms with Gasteiger partial charge in [0.25, 0.3) is 5.91 Å². The zero-order valence-electron chi connectivity index (χ0n) is 16.0. The van der Waals surface area contributed by atoms with Crippen LogP contribution in [0, 0.1) is 0 Å². The third-order valence-electron chi connectivity index (χ3n) is 6.16. The highest BCUT2D eigenvalue weighted by Crippen LogP contribution is 2.36. The van der Waals surface area contributed by atoms with Crippen LogP contribution in [0.15, 0.2) is 5.38 Å². The Morgan fingerprint density at radius 1 is 1.07 bits per heavy atom. The normalized spacial score (nSPS) is 23.4. The molecule has 1 amide bonds. The first-order chi connectivity index (χ1) is 12.9. The quantitative estimate of drug-likeness (QED) is 0.746. The molecular weight excluding hydrogens is 382 g/mol. The van der Waals surface area contributed by atoms with Crippen molar-refractivity contribution in [2.45, 2.75) is 75.8 Å². The molecule has 1 saturated heterocycles. The molecule has 0 atom stereocenters. The highest BCUT2D eigenvalue weighted by Gasteiger charge is 2.39. The van der Waals surface area contributed by atoms with Crippen molar-refractivity contribution in [2.24, 2.45) is 0 Å². The summed E-state index contributed by atoms with van der Waals surface area (Å²) in [5.74, 6) is 0.374. The number of carbonyl (C=O) groups is 1. The zero-order chi connectivity index (χ0) is 19.0. The van der Waals surface area contributed by atoms with Crippen molar-refractivity contribution >= 4 is 27.3 Å². The Hall–Kier alpha value is -0.990. The summed E-state index contributed by atoms with van der Waals surface area (Å²) in [5, 5.41) is 2.91. The number of rotatable bonds is 5. The second-order valence-corrected chi connectivity index (χ2v) is 11.1. The predicted octanol–water partition coefficient (Wildman–Crippen LogP) is 3.22. The second-order valence-electron chi connectivity index (χ2n) is 8.24. The SMILES string of the molecule is CS(=O)(=O)N1CCC(c2nc(C(=O)N(C3CCCCC3)C3CC3)cs2)CC1. The molecule has 3 fully saturated rings. The van der Waals surface area contributed by atoms with Gasteiger partial charge in [0.2, 0.25) is 10.0 Å². The van der Waals surface area contributed by atoms with Crippen LogP contribution in [0.4, 0.5) is 0 Å². The fourth-order valence-electron chi connectivity index (χ4n) is 4.48. The standard InChI is InChI=1S/C19H29N3O3S2/c1-27(24,25)21-11-9-14(10-12-21)18-20-17(13-26-18)19(23)22(16-7-8-16)15-5-3-2-4-6-15/h13-16H,2-12H2,1H3. The van der Waals surface area contributed by atoms with E-state index >= 15 is 0 Å². The lowest BCUT2D eigenvalue weighted by molar-refractivity contribution is 0.0608. The van der Waals surface area contributed by atoms with Crippen LogP contribution in [0.1, 0.15) is 79.2 Å². The molecule has 0 spiro atoms. The van der Waals surface area contributed by atoms with E-state index < -0.39 is 10.0 Å². The van der Waals surface area contributed by atoms with Crippen molar-refractivity contribution in [3.05, 3.63) is 16.1 Å². The number of nitrogens with zero attached hydrogens (tertiary/aromatic N) is 3. The maximum absolute atomic E-state index is 13.2. The number of carbonyl (C=O) groups excluding carboxylic acids is 1. The summed E-state index contributed by atoms with van der Waals surface area (Å²) in [5.41, 5.74) is 0.595. The first kappa shape index (κ1) is 19.3. The van der Waals surface area contributed by atoms with Gasteiger partial charge >= 0.3 is 0 Å². The second kappa shape index (κ2) is 7.79. The smallest absolute Gasteiger partial charge is 0.273 e. The molecule has 1 aromatic rings. The van der Waals surface area contributed by atoms with E-state index in [1.54, 1.807) is 15.6 Å². The van der Waals surface area contributed by atoms with Gasteiger partial charge in [0.05, 0.1) is 11.3 Å². The first-order valence-corrected chi connectivity index (χ1v) is 12.9. The van der Waals surface area contributed by atoms with Gasteiger partial charge in [-0.25, -0.2) is 17.7 Å². The van der Waals surface area contributed by atoms with Gasteiger partial charge in [-0.3, -0.25) is 4.79 Å². The van der Waals surface area contributed by atoms with E-state index in [9.17, 15) is 13.2 Å². The number of hydrogen-bond donors (Lipinski definition) is 0. The third-order valence-corrected chi connectivity index (χ3v) is 8.47. The van der Waals surface area contributed by atoms with Crippen molar-refractivity contribution < 1.29 is 13.2 Å². The average molecular weight is 412 g/mol. The minimum absolute atomic E-state index is 0.112. The lowest BCUT2D eigenvalue weighted by Gasteiger charge is -2.34. The summed E-state index contributed by atoms with van der Waals surface area (Å²) in [6.45, 7) is 1.09. The van der Waals surface area contributed by atoms with Crippen molar-refractivity contribution in [1.29, 1.82) is 0 Å². The minimum atomic E-state index is -3.11. The van der Waals surface area contributed by atoms with E-state index in [-0.39, 0.29) is 11.8 Å². The van der Waals surface area contributed by atoms with Gasteiger partial charge in [-0.2, -0.15) is 0 Å². The molecular formula is C19H29N3O3S2. The van der Waals surface area contributed by atoms with Gasteiger partial charge in [-0.05, 0) is 38.5 Å². The van der Waals surface area contributed by atoms with E-state index in [4.69, 9.17) is 4.98 Å². The molecule has 0 bridgehead atoms. The van der Waals surface area contributed by atoms with Crippen LogP contribution in [-0.4, -0.2) is 59.9 Å². The van der Waals surface area contributed by atoms with Crippen LogP contribution < -0.4 is 0 Å². The maximum Gasteiger partial charge on any atom is 0.273 e. The van der Waals surface area contributed by atoms with Crippen LogP contribution in [0.25, 0.3) is 0 Å². The molecule has 0 N–H and O–H groups in total. The van der Waals surface area contributed by atoms with Gasteiger partial charge in [0.1, 0.15) is 5.69 Å². The van der Waals surface area contributed by atoms with E-state index in [0.29, 0.717) is 30.9 Å². The molecule has 2 aliphatic carbocycles. The van der Waals surface area contributed by atoms with Gasteiger partial charge in [0, 0.05) is 36.5 Å². The van der Waals surface area contributed by atoms with Crippen LogP contribution in [0.5, 0.6) is 0 Å². The summed E-state index contributed by atoms with van der Waals surface area (Å²) >= 11 is 1.56. The summed E-state index contributed by atoms with van der Waals surface area (Å²) in [7, 11) is -3.11. The van der Waals surface area contributed by atoms with Crippen LogP contribution in [-0.2, 0) is 10.0 Å². The molecule has 150 valence electrons. The number of amides is 1. The molecule has 0 unspecified atom stereocenters. The van der Waals surface area contributed by atoms with Crippen LogP contribution in [0.3, 0.4) is 0 Å². The first-order valence-electron chi connectivity index (χ1n) is 10.2. The molecule has 6 nitrogen and oxygen atoms in total. The summed E-state index contributed by atoms with van der Waals surface area (Å²) in [6.07, 6.45) is 11.1. The molecule has 1 aliphatic heterocycles. The van der Waals surface area contributed by atoms with Gasteiger partial charge in [-0.1, -0.05) is 19.3 Å². The lowest BCUT2D eigenvalue weighted by atomic mass is 9.94. The minimum Gasteiger partial charge on any atom is -0.331 e. The monoisotopic (exact) mass is 411 g/mol. The fraction of sp³-hybridized carbons (Fsp3) is 0.789. The van der Waals surface area contributed by atoms with Crippen molar-refractivity contribution in [2.75, 3.05) is 19.3 Å². The molecule has 0 aromatic carbocycles. The van der Waals surface area contributed by atoms with E-state index in [1.165, 1.54) is 25.5 Å². The largest absolute Gasteiger partial charge is 0.331 e. The zero-order valence-corrected chi connectivity index (χ0v) is 17.6. The van der Waals surface area contributed by atoms with Crippen molar-refractivity contribution in [3.8, 4) is 0 Å². The van der Waals surface area contributed by atoms with Crippen LogP contribution >= 0.6 is 11.3 Å². The summed E-state index contributed by atoms with van der Waals surface area (Å²) in [4.78, 5) is 20.0. The number of hydrogen-bond acceptors (Lipinski definition) is 5. The average Bonchev–Trinajstić information content (AvgIpc) is 3.36. The molecule has 4 rings (SSSR count). The predicted molar refractivity (Wildman–Crippen MR) is 107 cm³/mol. The maximum atomic E-state index is 13.2. The highest BCUT2D eigenvalue weighted by atomic mass is 32.2. The summed E-state index contributed by atoms with van der Waals surface area (Å²) < 4.78 is 24.9. The topological polar surface area (TPSA) is 70.6 Å². The Kier molecular flexibility index (Phi) is 5.58. The number of sulfonamides is 1. The molecule has 3 aliphatic rings. The van der Waals surface area contributed by atoms with Gasteiger partial charge < -0.3 is 4.90 Å². The van der Waals surface area contributed by atoms with Crippen LogP contribution in [0.2, 0.25) is 0 Å². The highest BCUT2D eigenvalue weighted by molar-refractivity contribution is 7.88. The number of piperidine rings is 1. The Bertz CT molecular complexity index is 774. The Labute approximate surface area is 166 Å². The molecule has 1 aromatic heterocycles. The molecule has 27 heavy (non-hydrogen) atoms. The fourth-order valence-corrected chi connectivity index (χ4v) is 6.32. The Balaban J connectivity index is 1.43. The van der Waals surface area contributed by atoms with Gasteiger partial charge in [-0.15, -0.1) is 11.3 Å². The van der Waals surface area contributed by atoms with Crippen molar-refractivity contribution in [1.82, 2.24) is 14.2 Å². The summed E-state index contributed by atoms with van der Waals surface area (Å²) in [6, 6.07) is 0.811. The van der Waals surface area contributed by atoms with E-state index in [0.717, 1.165) is 43.5 Å². The Morgan fingerprint density at radius 2 is 1.70 bits per heavy atom. The molecule has 8 heteroatoms. The van der Waals surface area contributed by atoms with Gasteiger partial charge in [0.15, 0.2) is 0 Å². The molecule has 2 saturated carbocycles. The van der Waals surface area contributed by atoms with Crippen molar-refractivity contribution in [3.63, 3.8) is 0 Å². The third kappa shape index (κ3) is 4.38. The number of thiazole rings is 1. The Morgan fingerprint density at radius 3 is 2.30 bits per heavy atom. The lowest BCUT2D eigenvalue weighted by Crippen LogP contribution is -2.43. The molecule has 2 heterocycles. The van der Waals surface area contributed by atoms with E-state index in [1.807, 2.05) is 5.38 Å².